The zero-order valence-corrected chi connectivity index (χ0v) is 20.3. The van der Waals surface area contributed by atoms with Gasteiger partial charge < -0.3 is 5.11 Å². The van der Waals surface area contributed by atoms with Gasteiger partial charge in [0.2, 0.25) is 0 Å². The molecule has 0 bridgehead atoms. The second-order valence-electron chi connectivity index (χ2n) is 6.98. The van der Waals surface area contributed by atoms with Crippen LogP contribution in [0.1, 0.15) is 6.92 Å². The molecule has 0 aliphatic carbocycles. The monoisotopic (exact) mass is 401 g/mol. The molecule has 154 valence electrons. The summed E-state index contributed by atoms with van der Waals surface area (Å²) in [5.74, 6) is -0.833. The third-order valence-corrected chi connectivity index (χ3v) is 12.6. The van der Waals surface area contributed by atoms with Crippen molar-refractivity contribution < 1.29 is 9.90 Å². The molecule has 0 fully saturated rings. The molecule has 0 heterocycles. The molecule has 0 unspecified atom stereocenters. The fraction of sp³-hybridized carbons (Fsp3) is 0.929. The molecule has 0 aliphatic rings. The number of nitrogens with zero attached hydrogens (tertiary/aromatic N) is 7. The van der Waals surface area contributed by atoms with Crippen molar-refractivity contribution in [1.29, 1.82) is 0 Å². The zero-order valence-electron chi connectivity index (χ0n) is 18.4. The maximum absolute atomic E-state index is 9.00. The first-order valence-corrected chi connectivity index (χ1v) is 11.4. The fourth-order valence-corrected chi connectivity index (χ4v) is 13.3. The van der Waals surface area contributed by atoms with E-state index in [-0.39, 0.29) is 0 Å². The van der Waals surface area contributed by atoms with Gasteiger partial charge >= 0.3 is 132 Å². The first-order valence-electron chi connectivity index (χ1n) is 7.99. The Morgan fingerprint density at radius 1 is 0.720 bits per heavy atom. The molecular weight excluding hydrogens is 360 g/mol. The number of carboxylic acid groups (broad SMARTS) is 1. The first kappa shape index (κ1) is 27.1. The Morgan fingerprint density at radius 2 is 0.920 bits per heavy atom. The van der Waals surface area contributed by atoms with E-state index in [0.29, 0.717) is 0 Å². The number of rotatable bonds is 7. The normalized spacial score (nSPS) is 13.7. The van der Waals surface area contributed by atoms with Crippen LogP contribution in [0.3, 0.4) is 0 Å². The summed E-state index contributed by atoms with van der Waals surface area (Å²) in [5.41, 5.74) is 0. The van der Waals surface area contributed by atoms with Crippen molar-refractivity contribution in [3.05, 3.63) is 0 Å². The van der Waals surface area contributed by atoms with E-state index in [4.69, 9.17) is 14.4 Å². The summed E-state index contributed by atoms with van der Waals surface area (Å²) in [4.78, 5) is 9.00. The Balaban J connectivity index is 0. The molecule has 0 saturated heterocycles. The predicted molar refractivity (Wildman–Crippen MR) is 113 cm³/mol. The van der Waals surface area contributed by atoms with E-state index in [0.717, 1.165) is 6.92 Å². The van der Waals surface area contributed by atoms with Crippen molar-refractivity contribution in [3.8, 4) is 0 Å². The van der Waals surface area contributed by atoms with Crippen LogP contribution in [0.5, 0.6) is 0 Å². The Kier molecular flexibility index (Phi) is 11.8. The van der Waals surface area contributed by atoms with Gasteiger partial charge in [-0.15, -0.1) is 0 Å². The number of hydrogen-bond acceptors (Lipinski definition) is 5. The summed E-state index contributed by atoms with van der Waals surface area (Å²) >= 11 is 0. The van der Waals surface area contributed by atoms with Crippen molar-refractivity contribution in [2.75, 3.05) is 84.6 Å². The van der Waals surface area contributed by atoms with Crippen molar-refractivity contribution in [1.82, 2.24) is 28.0 Å². The van der Waals surface area contributed by atoms with E-state index in [2.05, 4.69) is 113 Å². The zero-order chi connectivity index (χ0) is 20.7. The molecule has 9 nitrogen and oxygen atoms in total. The van der Waals surface area contributed by atoms with Crippen molar-refractivity contribution >= 4 is 21.3 Å². The van der Waals surface area contributed by atoms with E-state index in [1.807, 2.05) is 0 Å². The molecule has 0 spiro atoms. The Morgan fingerprint density at radius 3 is 1.04 bits per heavy atom. The van der Waals surface area contributed by atoms with Crippen LogP contribution in [0.15, 0.2) is 4.52 Å². The molecule has 0 saturated carbocycles. The average molecular weight is 401 g/mol. The van der Waals surface area contributed by atoms with Crippen molar-refractivity contribution in [2.24, 2.45) is 4.52 Å². The predicted octanol–water partition coefficient (Wildman–Crippen LogP) is 1.80. The van der Waals surface area contributed by atoms with Gasteiger partial charge in [-0.3, -0.25) is 4.79 Å². The number of carbonyl (C=O) groups is 1. The van der Waals surface area contributed by atoms with Crippen molar-refractivity contribution in [3.63, 3.8) is 0 Å². The minimum absolute atomic E-state index is 0.833. The quantitative estimate of drug-likeness (QED) is 0.648. The van der Waals surface area contributed by atoms with E-state index in [1.165, 1.54) is 0 Å². The second kappa shape index (κ2) is 10.9. The van der Waals surface area contributed by atoms with Crippen molar-refractivity contribution in [2.45, 2.75) is 6.92 Å². The van der Waals surface area contributed by atoms with E-state index < -0.39 is 21.3 Å². The number of carboxylic acids is 1. The van der Waals surface area contributed by atoms with Crippen LogP contribution >= 0.6 is 15.4 Å². The summed E-state index contributed by atoms with van der Waals surface area (Å²) in [7, 11) is 21.3. The SMILES string of the molecule is CC(=O)O.CN(C)P(=N[PH](N(C)C)(N(C)C)N(C)C)(N(C)C)N(C)C. The van der Waals surface area contributed by atoms with E-state index >= 15 is 0 Å². The van der Waals surface area contributed by atoms with Gasteiger partial charge in [0, 0.05) is 6.92 Å². The minimum atomic E-state index is -2.30. The van der Waals surface area contributed by atoms with Gasteiger partial charge in [0.1, 0.15) is 0 Å². The van der Waals surface area contributed by atoms with Crippen LogP contribution in [0, 0.1) is 0 Å². The molecule has 1 N–H and O–H groups in total. The van der Waals surface area contributed by atoms with Gasteiger partial charge in [-0.25, -0.2) is 0 Å². The van der Waals surface area contributed by atoms with E-state index in [9.17, 15) is 0 Å². The molecule has 0 rings (SSSR count). The Labute approximate surface area is 155 Å². The molecule has 11 heteroatoms. The second-order valence-corrected chi connectivity index (χ2v) is 15.1. The summed E-state index contributed by atoms with van der Waals surface area (Å²) in [5, 5.41) is 7.42. The van der Waals surface area contributed by atoms with Crippen LogP contribution in [0.25, 0.3) is 0 Å². The third kappa shape index (κ3) is 6.52. The Bertz CT molecular complexity index is 412. The molecule has 25 heavy (non-hydrogen) atoms. The van der Waals surface area contributed by atoms with Gasteiger partial charge in [-0.1, -0.05) is 0 Å². The van der Waals surface area contributed by atoms with Gasteiger partial charge in [0.25, 0.3) is 5.97 Å². The summed E-state index contributed by atoms with van der Waals surface area (Å²) in [6.07, 6.45) is 0. The first-order chi connectivity index (χ1) is 11.1. The van der Waals surface area contributed by atoms with E-state index in [1.54, 1.807) is 0 Å². The number of hydrogen-bond donors (Lipinski definition) is 1. The molecule has 0 aliphatic heterocycles. The standard InChI is InChI=1S/C12H37N7P2.C2H4O2/c1-14(2)20(15(3)4,16(5)6)13-21(17(7)8,18(9)10)19(11)12;1-2(3)4/h20H,1-12H3;1H3,(H,3,4). The topological polar surface area (TPSA) is 69.1 Å². The van der Waals surface area contributed by atoms with Crippen LogP contribution in [0.4, 0.5) is 0 Å². The van der Waals surface area contributed by atoms with Crippen LogP contribution in [-0.4, -0.2) is 124 Å². The number of aliphatic carboxylic acids is 1. The van der Waals surface area contributed by atoms with Crippen LogP contribution < -0.4 is 0 Å². The van der Waals surface area contributed by atoms with Gasteiger partial charge in [-0.2, -0.15) is 0 Å². The maximum atomic E-state index is 9.00. The van der Waals surface area contributed by atoms with Gasteiger partial charge in [0.05, 0.1) is 0 Å². The molecule has 0 aromatic rings. The molecule has 0 radical (unpaired) electrons. The molecule has 0 amide bonds. The summed E-state index contributed by atoms with van der Waals surface area (Å²) < 4.78 is 19.2. The van der Waals surface area contributed by atoms with Crippen LogP contribution in [0.2, 0.25) is 0 Å². The average Bonchev–Trinajstić information content (AvgIpc) is 2.36. The fourth-order valence-electron chi connectivity index (χ4n) is 2.99. The third-order valence-electron chi connectivity index (χ3n) is 3.68. The molecule has 0 atom stereocenters. The Hall–Kier alpha value is -0.110. The van der Waals surface area contributed by atoms with Gasteiger partial charge in [-0.05, 0) is 0 Å². The summed E-state index contributed by atoms with van der Waals surface area (Å²) in [6.45, 7) is 1.08. The summed E-state index contributed by atoms with van der Waals surface area (Å²) in [6, 6.07) is 0. The van der Waals surface area contributed by atoms with Gasteiger partial charge in [0.15, 0.2) is 0 Å². The van der Waals surface area contributed by atoms with Crippen LogP contribution in [-0.2, 0) is 4.79 Å². The molecule has 0 aromatic heterocycles. The molecule has 0 aromatic carbocycles. The molecular formula is C14H41N7O2P2.